The van der Waals surface area contributed by atoms with Crippen molar-refractivity contribution in [3.05, 3.63) is 17.6 Å². The van der Waals surface area contributed by atoms with Gasteiger partial charge in [0.2, 0.25) is 0 Å². The monoisotopic (exact) mass is 263 g/mol. The van der Waals surface area contributed by atoms with Gasteiger partial charge in [0.15, 0.2) is 0 Å². The minimum atomic E-state index is 0.441. The van der Waals surface area contributed by atoms with E-state index in [4.69, 9.17) is 0 Å². The molecular weight excluding hydrogens is 242 g/mol. The van der Waals surface area contributed by atoms with Crippen LogP contribution in [0.2, 0.25) is 0 Å². The number of thioether (sulfide) groups is 1. The van der Waals surface area contributed by atoms with Gasteiger partial charge in [-0.2, -0.15) is 11.8 Å². The van der Waals surface area contributed by atoms with E-state index in [2.05, 4.69) is 21.5 Å². The van der Waals surface area contributed by atoms with Gasteiger partial charge in [-0.05, 0) is 38.4 Å². The first-order valence-electron chi connectivity index (χ1n) is 6.95. The van der Waals surface area contributed by atoms with Gasteiger partial charge in [-0.1, -0.05) is 12.8 Å². The molecule has 1 aromatic heterocycles. The maximum absolute atomic E-state index is 4.45. The Morgan fingerprint density at radius 2 is 2.06 bits per heavy atom. The highest BCUT2D eigenvalue weighted by Gasteiger charge is 2.33. The molecule has 3 rings (SSSR count). The molecule has 0 aromatic carbocycles. The van der Waals surface area contributed by atoms with Crippen molar-refractivity contribution in [2.45, 2.75) is 49.7 Å². The Morgan fingerprint density at radius 1 is 1.22 bits per heavy atom. The largest absolute Gasteiger partial charge is 0.368 e. The van der Waals surface area contributed by atoms with E-state index in [1.807, 2.05) is 11.8 Å². The topological polar surface area (TPSA) is 37.8 Å². The molecule has 98 valence electrons. The van der Waals surface area contributed by atoms with Crippen LogP contribution in [0.1, 0.15) is 43.4 Å². The van der Waals surface area contributed by atoms with Gasteiger partial charge in [-0.3, -0.25) is 0 Å². The van der Waals surface area contributed by atoms with Crippen molar-refractivity contribution in [2.75, 3.05) is 18.1 Å². The van der Waals surface area contributed by atoms with Crippen LogP contribution in [0, 0.1) is 0 Å². The normalized spacial score (nSPS) is 20.9. The fraction of sp³-hybridized carbons (Fsp3) is 0.714. The summed E-state index contributed by atoms with van der Waals surface area (Å²) in [5.74, 6) is 1.10. The summed E-state index contributed by atoms with van der Waals surface area (Å²) in [6.07, 6.45) is 12.9. The quantitative estimate of drug-likeness (QED) is 0.906. The van der Waals surface area contributed by atoms with Gasteiger partial charge in [0.05, 0.1) is 0 Å². The minimum Gasteiger partial charge on any atom is -0.368 e. The lowest BCUT2D eigenvalue weighted by molar-refractivity contribution is 0.638. The Hall–Kier alpha value is -0.770. The third kappa shape index (κ3) is 2.22. The van der Waals surface area contributed by atoms with E-state index in [1.54, 1.807) is 6.33 Å². The number of fused-ring (bicyclic) bond motifs is 1. The van der Waals surface area contributed by atoms with Crippen molar-refractivity contribution in [1.29, 1.82) is 0 Å². The van der Waals surface area contributed by atoms with E-state index in [1.165, 1.54) is 43.4 Å². The van der Waals surface area contributed by atoms with Crippen LogP contribution in [0.4, 0.5) is 5.82 Å². The smallest absolute Gasteiger partial charge is 0.132 e. The number of hydrogen-bond acceptors (Lipinski definition) is 4. The summed E-state index contributed by atoms with van der Waals surface area (Å²) < 4.78 is 0.441. The van der Waals surface area contributed by atoms with Gasteiger partial charge >= 0.3 is 0 Å². The van der Waals surface area contributed by atoms with Gasteiger partial charge in [0, 0.05) is 22.5 Å². The fourth-order valence-corrected chi connectivity index (χ4v) is 4.14. The molecule has 0 aliphatic heterocycles. The van der Waals surface area contributed by atoms with Crippen LogP contribution in [0.5, 0.6) is 0 Å². The van der Waals surface area contributed by atoms with E-state index in [0.717, 1.165) is 25.2 Å². The molecule has 1 heterocycles. The van der Waals surface area contributed by atoms with Gasteiger partial charge < -0.3 is 5.32 Å². The molecule has 3 nitrogen and oxygen atoms in total. The number of nitrogens with zero attached hydrogens (tertiary/aromatic N) is 2. The first kappa shape index (κ1) is 12.3. The van der Waals surface area contributed by atoms with E-state index >= 15 is 0 Å². The molecule has 2 aliphatic carbocycles. The molecule has 0 atom stereocenters. The predicted molar refractivity (Wildman–Crippen MR) is 77.3 cm³/mol. The first-order chi connectivity index (χ1) is 8.83. The summed E-state index contributed by atoms with van der Waals surface area (Å²) in [7, 11) is 0. The summed E-state index contributed by atoms with van der Waals surface area (Å²) in [6, 6.07) is 0. The Balaban J connectivity index is 1.72. The second-order valence-electron chi connectivity index (χ2n) is 5.45. The summed E-state index contributed by atoms with van der Waals surface area (Å²) in [4.78, 5) is 8.83. The highest BCUT2D eigenvalue weighted by Crippen LogP contribution is 2.40. The Labute approximate surface area is 113 Å². The molecule has 0 amide bonds. The second kappa shape index (κ2) is 5.08. The summed E-state index contributed by atoms with van der Waals surface area (Å²) in [5.41, 5.74) is 2.63. The van der Waals surface area contributed by atoms with Gasteiger partial charge in [0.25, 0.3) is 0 Å². The molecule has 1 saturated carbocycles. The Kier molecular flexibility index (Phi) is 3.46. The third-order valence-corrected chi connectivity index (χ3v) is 5.82. The second-order valence-corrected chi connectivity index (χ2v) is 6.72. The molecule has 0 spiro atoms. The molecule has 1 aromatic rings. The molecule has 0 radical (unpaired) electrons. The maximum Gasteiger partial charge on any atom is 0.132 e. The number of anilines is 1. The number of nitrogens with one attached hydrogen (secondary N) is 1. The summed E-state index contributed by atoms with van der Waals surface area (Å²) in [6.45, 7) is 1.05. The van der Waals surface area contributed by atoms with Crippen LogP contribution in [0.25, 0.3) is 0 Å². The average Bonchev–Trinajstić information content (AvgIpc) is 3.06. The van der Waals surface area contributed by atoms with Crippen LogP contribution in [-0.4, -0.2) is 27.5 Å². The van der Waals surface area contributed by atoms with Crippen LogP contribution in [0.3, 0.4) is 0 Å². The van der Waals surface area contributed by atoms with E-state index in [-0.39, 0.29) is 0 Å². The summed E-state index contributed by atoms with van der Waals surface area (Å²) >= 11 is 2.03. The maximum atomic E-state index is 4.45. The highest BCUT2D eigenvalue weighted by atomic mass is 32.2. The minimum absolute atomic E-state index is 0.441. The van der Waals surface area contributed by atoms with Crippen molar-refractivity contribution < 1.29 is 0 Å². The van der Waals surface area contributed by atoms with Crippen LogP contribution in [-0.2, 0) is 12.8 Å². The zero-order chi connectivity index (χ0) is 12.4. The zero-order valence-electron chi connectivity index (χ0n) is 11.0. The average molecular weight is 263 g/mol. The lowest BCUT2D eigenvalue weighted by atomic mass is 10.1. The molecule has 0 saturated heterocycles. The van der Waals surface area contributed by atoms with Crippen molar-refractivity contribution in [3.63, 3.8) is 0 Å². The van der Waals surface area contributed by atoms with Crippen LogP contribution < -0.4 is 5.32 Å². The third-order valence-electron chi connectivity index (χ3n) is 4.40. The number of aryl methyl sites for hydroxylation is 1. The molecule has 0 bridgehead atoms. The van der Waals surface area contributed by atoms with E-state index < -0.39 is 0 Å². The summed E-state index contributed by atoms with van der Waals surface area (Å²) in [5, 5.41) is 3.61. The van der Waals surface area contributed by atoms with Crippen LogP contribution in [0.15, 0.2) is 6.33 Å². The number of aromatic nitrogens is 2. The van der Waals surface area contributed by atoms with Gasteiger partial charge in [0.1, 0.15) is 12.1 Å². The van der Waals surface area contributed by atoms with Gasteiger partial charge in [-0.15, -0.1) is 0 Å². The standard InChI is InChI=1S/C14H21N3S/c1-18-14(7-2-3-8-14)9-15-13-11-5-4-6-12(11)16-10-17-13/h10H,2-9H2,1H3,(H,15,16,17). The number of hydrogen-bond donors (Lipinski definition) is 1. The SMILES string of the molecule is CSC1(CNc2ncnc3c2CCC3)CCCC1. The lowest BCUT2D eigenvalue weighted by Gasteiger charge is -2.27. The molecule has 2 aliphatic rings. The number of rotatable bonds is 4. The molecule has 4 heteroatoms. The predicted octanol–water partition coefficient (Wildman–Crippen LogP) is 3.05. The van der Waals surface area contributed by atoms with Crippen molar-refractivity contribution in [2.24, 2.45) is 0 Å². The van der Waals surface area contributed by atoms with E-state index in [9.17, 15) is 0 Å². The van der Waals surface area contributed by atoms with Gasteiger partial charge in [-0.25, -0.2) is 9.97 Å². The molecule has 0 unspecified atom stereocenters. The zero-order valence-corrected chi connectivity index (χ0v) is 11.9. The van der Waals surface area contributed by atoms with Crippen LogP contribution >= 0.6 is 11.8 Å². The molecule has 18 heavy (non-hydrogen) atoms. The van der Waals surface area contributed by atoms with Crippen molar-refractivity contribution in [3.8, 4) is 0 Å². The fourth-order valence-electron chi connectivity index (χ4n) is 3.23. The Bertz CT molecular complexity index is 427. The Morgan fingerprint density at radius 3 is 2.83 bits per heavy atom. The molecule has 1 fully saturated rings. The molecular formula is C14H21N3S. The highest BCUT2D eigenvalue weighted by molar-refractivity contribution is 8.00. The molecule has 1 N–H and O–H groups in total. The first-order valence-corrected chi connectivity index (χ1v) is 8.17. The lowest BCUT2D eigenvalue weighted by Crippen LogP contribution is -2.30. The van der Waals surface area contributed by atoms with Crippen molar-refractivity contribution >= 4 is 17.6 Å². The van der Waals surface area contributed by atoms with E-state index in [0.29, 0.717) is 4.75 Å². The van der Waals surface area contributed by atoms with Crippen molar-refractivity contribution in [1.82, 2.24) is 9.97 Å².